The largest absolute Gasteiger partial charge is 0.481 e. The normalized spacial score (nSPS) is 12.3. The van der Waals surface area contributed by atoms with Crippen LogP contribution in [0.3, 0.4) is 0 Å². The molecule has 0 amide bonds. The Hall–Kier alpha value is -2.07. The maximum atomic E-state index is 10.6. The summed E-state index contributed by atoms with van der Waals surface area (Å²) in [4.78, 5) is 10.6. The van der Waals surface area contributed by atoms with E-state index in [-0.39, 0.29) is 12.7 Å². The number of aliphatic hydroxyl groups excluding tert-OH is 1. The van der Waals surface area contributed by atoms with Crippen LogP contribution < -0.4 is 4.74 Å². The predicted octanol–water partition coefficient (Wildman–Crippen LogP) is 3.01. The van der Waals surface area contributed by atoms with Gasteiger partial charge < -0.3 is 14.9 Å². The summed E-state index contributed by atoms with van der Waals surface area (Å²) in [6.07, 6.45) is 1.97. The van der Waals surface area contributed by atoms with Crippen LogP contribution in [0.5, 0.6) is 5.75 Å². The molecule has 0 fully saturated rings. The Morgan fingerprint density at radius 1 is 1.19 bits per heavy atom. The van der Waals surface area contributed by atoms with Gasteiger partial charge in [-0.1, -0.05) is 37.3 Å². The van der Waals surface area contributed by atoms with E-state index in [4.69, 9.17) is 9.84 Å². The second-order valence-corrected chi connectivity index (χ2v) is 5.05. The van der Waals surface area contributed by atoms with Crippen LogP contribution in [0.2, 0.25) is 0 Å². The highest BCUT2D eigenvalue weighted by molar-refractivity contribution is 5.91. The van der Waals surface area contributed by atoms with Crippen LogP contribution in [-0.4, -0.2) is 28.9 Å². The number of rotatable bonds is 7. The molecule has 0 aromatic heterocycles. The van der Waals surface area contributed by atoms with Crippen LogP contribution in [0.1, 0.15) is 25.3 Å². The molecular formula is C17H20O4. The van der Waals surface area contributed by atoms with Gasteiger partial charge in [0.25, 0.3) is 0 Å². The monoisotopic (exact) mass is 288 g/mol. The Morgan fingerprint density at radius 3 is 2.62 bits per heavy atom. The molecule has 2 rings (SSSR count). The van der Waals surface area contributed by atoms with E-state index in [1.165, 1.54) is 0 Å². The van der Waals surface area contributed by atoms with Crippen molar-refractivity contribution in [3.05, 3.63) is 42.0 Å². The zero-order valence-corrected chi connectivity index (χ0v) is 12.1. The fraction of sp³-hybridized carbons (Fsp3) is 0.353. The number of carbonyl (C=O) groups is 1. The summed E-state index contributed by atoms with van der Waals surface area (Å²) in [6, 6.07) is 11.5. The molecule has 0 bridgehead atoms. The quantitative estimate of drug-likeness (QED) is 0.822. The lowest BCUT2D eigenvalue weighted by molar-refractivity contribution is -0.139. The number of aliphatic carboxylic acids is 1. The lowest BCUT2D eigenvalue weighted by atomic mass is 9.98. The van der Waals surface area contributed by atoms with Crippen LogP contribution in [0, 0.1) is 0 Å². The van der Waals surface area contributed by atoms with Gasteiger partial charge in [-0.3, -0.25) is 0 Å². The highest BCUT2D eigenvalue weighted by Gasteiger charge is 2.09. The zero-order chi connectivity index (χ0) is 15.2. The Morgan fingerprint density at radius 2 is 1.90 bits per heavy atom. The summed E-state index contributed by atoms with van der Waals surface area (Å²) in [5, 5.41) is 20.4. The number of benzene rings is 2. The molecule has 21 heavy (non-hydrogen) atoms. The summed E-state index contributed by atoms with van der Waals surface area (Å²) < 4.78 is 5.33. The van der Waals surface area contributed by atoms with Gasteiger partial charge in [0.15, 0.2) is 6.61 Å². The van der Waals surface area contributed by atoms with Crippen LogP contribution in [0.25, 0.3) is 10.8 Å². The van der Waals surface area contributed by atoms with Crippen LogP contribution in [0.15, 0.2) is 36.4 Å². The third-order valence-electron chi connectivity index (χ3n) is 3.54. The zero-order valence-electron chi connectivity index (χ0n) is 12.1. The van der Waals surface area contributed by atoms with Gasteiger partial charge in [-0.25, -0.2) is 4.79 Å². The summed E-state index contributed by atoms with van der Waals surface area (Å²) in [6.45, 7) is 1.61. The van der Waals surface area contributed by atoms with Crippen molar-refractivity contribution < 1.29 is 19.7 Å². The molecular weight excluding hydrogens is 268 g/mol. The molecule has 0 aliphatic rings. The lowest BCUT2D eigenvalue weighted by Gasteiger charge is -2.12. The van der Waals surface area contributed by atoms with Crippen LogP contribution >= 0.6 is 0 Å². The van der Waals surface area contributed by atoms with Crippen molar-refractivity contribution in [1.82, 2.24) is 0 Å². The first-order chi connectivity index (χ1) is 10.1. The summed E-state index contributed by atoms with van der Waals surface area (Å²) in [5.41, 5.74) is 1.14. The highest BCUT2D eigenvalue weighted by Crippen LogP contribution is 2.29. The Bertz CT molecular complexity index is 621. The van der Waals surface area contributed by atoms with Crippen molar-refractivity contribution in [1.29, 1.82) is 0 Å². The predicted molar refractivity (Wildman–Crippen MR) is 81.7 cm³/mol. The van der Waals surface area contributed by atoms with Gasteiger partial charge in [0, 0.05) is 5.39 Å². The van der Waals surface area contributed by atoms with E-state index in [9.17, 15) is 9.90 Å². The van der Waals surface area contributed by atoms with Crippen molar-refractivity contribution >= 4 is 16.7 Å². The van der Waals surface area contributed by atoms with Crippen molar-refractivity contribution in [2.45, 2.75) is 32.3 Å². The van der Waals surface area contributed by atoms with Crippen molar-refractivity contribution in [3.63, 3.8) is 0 Å². The lowest BCUT2D eigenvalue weighted by Crippen LogP contribution is -2.09. The number of hydrogen-bond acceptors (Lipinski definition) is 3. The van der Waals surface area contributed by atoms with Crippen LogP contribution in [-0.2, 0) is 11.2 Å². The summed E-state index contributed by atoms with van der Waals surface area (Å²) in [7, 11) is 0. The minimum Gasteiger partial charge on any atom is -0.481 e. The topological polar surface area (TPSA) is 66.8 Å². The molecule has 0 saturated heterocycles. The summed E-state index contributed by atoms with van der Waals surface area (Å²) in [5.74, 6) is -0.415. The molecule has 1 unspecified atom stereocenters. The molecule has 0 heterocycles. The van der Waals surface area contributed by atoms with E-state index in [1.807, 2.05) is 37.3 Å². The smallest absolute Gasteiger partial charge is 0.341 e. The van der Waals surface area contributed by atoms with E-state index >= 15 is 0 Å². The van der Waals surface area contributed by atoms with Crippen LogP contribution in [0.4, 0.5) is 0 Å². The molecule has 0 saturated carbocycles. The Balaban J connectivity index is 2.28. The van der Waals surface area contributed by atoms with Gasteiger partial charge in [-0.2, -0.15) is 0 Å². The van der Waals surface area contributed by atoms with Gasteiger partial charge in [0.1, 0.15) is 5.75 Å². The molecule has 4 heteroatoms. The van der Waals surface area contributed by atoms with Gasteiger partial charge in [-0.15, -0.1) is 0 Å². The standard InChI is InChI=1S/C17H20O4/c1-2-13(18)10-9-12-5-3-7-15-14(12)6-4-8-16(15)21-11-17(19)20/h3-8,13,18H,2,9-11H2,1H3,(H,19,20). The average Bonchev–Trinajstić information content (AvgIpc) is 2.50. The number of fused-ring (bicyclic) bond motifs is 1. The number of ether oxygens (including phenoxy) is 1. The molecule has 0 aliphatic carbocycles. The fourth-order valence-electron chi connectivity index (χ4n) is 2.36. The third kappa shape index (κ3) is 3.95. The molecule has 4 nitrogen and oxygen atoms in total. The van der Waals surface area contributed by atoms with E-state index in [2.05, 4.69) is 0 Å². The molecule has 0 aliphatic heterocycles. The number of carboxylic acid groups (broad SMARTS) is 1. The molecule has 2 N–H and O–H groups in total. The first kappa shape index (κ1) is 15.3. The van der Waals surface area contributed by atoms with E-state index < -0.39 is 5.97 Å². The molecule has 2 aromatic carbocycles. The van der Waals surface area contributed by atoms with E-state index in [1.54, 1.807) is 6.07 Å². The fourth-order valence-corrected chi connectivity index (χ4v) is 2.36. The van der Waals surface area contributed by atoms with Gasteiger partial charge >= 0.3 is 5.97 Å². The SMILES string of the molecule is CCC(O)CCc1cccc2c(OCC(=O)O)cccc12. The van der Waals surface area contributed by atoms with Crippen molar-refractivity contribution in [3.8, 4) is 5.75 Å². The number of aryl methyl sites for hydroxylation is 1. The van der Waals surface area contributed by atoms with Crippen molar-refractivity contribution in [2.24, 2.45) is 0 Å². The minimum atomic E-state index is -0.991. The van der Waals surface area contributed by atoms with Gasteiger partial charge in [0.2, 0.25) is 0 Å². The highest BCUT2D eigenvalue weighted by atomic mass is 16.5. The second kappa shape index (κ2) is 7.09. The second-order valence-electron chi connectivity index (χ2n) is 5.05. The first-order valence-corrected chi connectivity index (χ1v) is 7.15. The minimum absolute atomic E-state index is 0.285. The molecule has 2 aromatic rings. The van der Waals surface area contributed by atoms with E-state index in [0.29, 0.717) is 5.75 Å². The third-order valence-corrected chi connectivity index (χ3v) is 3.54. The van der Waals surface area contributed by atoms with Gasteiger partial charge in [0.05, 0.1) is 6.10 Å². The molecule has 112 valence electrons. The molecule has 1 atom stereocenters. The maximum Gasteiger partial charge on any atom is 0.341 e. The molecule has 0 spiro atoms. The number of aliphatic hydroxyl groups is 1. The first-order valence-electron chi connectivity index (χ1n) is 7.15. The van der Waals surface area contributed by atoms with Crippen molar-refractivity contribution in [2.75, 3.05) is 6.61 Å². The average molecular weight is 288 g/mol. The Kier molecular flexibility index (Phi) is 5.17. The van der Waals surface area contributed by atoms with E-state index in [0.717, 1.165) is 35.6 Å². The Labute approximate surface area is 124 Å². The molecule has 0 radical (unpaired) electrons. The number of carboxylic acids is 1. The summed E-state index contributed by atoms with van der Waals surface area (Å²) >= 11 is 0. The number of hydrogen-bond donors (Lipinski definition) is 2. The maximum absolute atomic E-state index is 10.6. The van der Waals surface area contributed by atoms with Gasteiger partial charge in [-0.05, 0) is 36.3 Å².